The van der Waals surface area contributed by atoms with Crippen LogP contribution in [0.3, 0.4) is 0 Å². The molecule has 0 aliphatic carbocycles. The number of hydrogen-bond acceptors (Lipinski definition) is 1. The van der Waals surface area contributed by atoms with Crippen molar-refractivity contribution < 1.29 is 0 Å². The first-order valence-electron chi connectivity index (χ1n) is 17.6. The molecule has 51 heavy (non-hydrogen) atoms. The number of fused-ring (bicyclic) bond motifs is 7. The van der Waals surface area contributed by atoms with E-state index in [1.807, 2.05) is 0 Å². The molecule has 0 amide bonds. The summed E-state index contributed by atoms with van der Waals surface area (Å²) in [5.74, 6) is 0.942. The van der Waals surface area contributed by atoms with Gasteiger partial charge in [-0.05, 0) is 112 Å². The molecule has 236 valence electrons. The smallest absolute Gasteiger partial charge is 0.146 e. The lowest BCUT2D eigenvalue weighted by molar-refractivity contribution is 1.11. The summed E-state index contributed by atoms with van der Waals surface area (Å²) < 4.78 is 2.30. The van der Waals surface area contributed by atoms with Gasteiger partial charge in [0.2, 0.25) is 0 Å². The zero-order valence-electron chi connectivity index (χ0n) is 27.7. The van der Waals surface area contributed by atoms with Crippen molar-refractivity contribution in [3.05, 3.63) is 182 Å². The third-order valence-corrected chi connectivity index (χ3v) is 10.8. The lowest BCUT2D eigenvalue weighted by Gasteiger charge is -2.18. The van der Waals surface area contributed by atoms with Gasteiger partial charge in [0.1, 0.15) is 5.82 Å². The predicted molar refractivity (Wildman–Crippen MR) is 217 cm³/mol. The quantitative estimate of drug-likeness (QED) is 0.175. The van der Waals surface area contributed by atoms with Crippen LogP contribution >= 0.6 is 0 Å². The number of benzene rings is 9. The summed E-state index contributed by atoms with van der Waals surface area (Å²) in [5.41, 5.74) is 6.75. The molecule has 0 radical (unpaired) electrons. The Kier molecular flexibility index (Phi) is 5.99. The Balaban J connectivity index is 1.26. The van der Waals surface area contributed by atoms with Crippen molar-refractivity contribution in [1.29, 1.82) is 0 Å². The molecule has 0 fully saturated rings. The number of nitrogens with zero attached hydrogens (tertiary/aromatic N) is 2. The molecule has 0 saturated carbocycles. The van der Waals surface area contributed by atoms with E-state index in [2.05, 4.69) is 187 Å². The average molecular weight is 647 g/mol. The number of rotatable bonds is 3. The van der Waals surface area contributed by atoms with Gasteiger partial charge in [0.25, 0.3) is 0 Å². The maximum atomic E-state index is 5.25. The fraction of sp³-hybridized carbons (Fsp3) is 0. The van der Waals surface area contributed by atoms with E-state index in [4.69, 9.17) is 4.98 Å². The third-order valence-electron chi connectivity index (χ3n) is 10.8. The maximum absolute atomic E-state index is 5.25. The monoisotopic (exact) mass is 646 g/mol. The molecular weight excluding hydrogens is 617 g/mol. The number of aromatic nitrogens is 2. The standard InChI is InChI=1S/C49H30N2/c1-2-15-32(16-3-1)51-46-27-11-10-26-45(46)50-49(51)43-29-28-39(35-19-6-9-22-38(35)43)44-30-31-14-12-23-40-36-20-7-4-17-33(36)34-18-5-8-21-37(34)41-24-13-25-42(44)48(41)47(31)40/h1-30H. The molecule has 1 aromatic heterocycles. The summed E-state index contributed by atoms with van der Waals surface area (Å²) in [6.07, 6.45) is 0. The van der Waals surface area contributed by atoms with Gasteiger partial charge < -0.3 is 0 Å². The molecule has 1 heterocycles. The molecule has 10 aromatic carbocycles. The summed E-state index contributed by atoms with van der Waals surface area (Å²) in [6.45, 7) is 0. The fourth-order valence-corrected chi connectivity index (χ4v) is 8.60. The highest BCUT2D eigenvalue weighted by molar-refractivity contribution is 6.34. The average Bonchev–Trinajstić information content (AvgIpc) is 3.59. The van der Waals surface area contributed by atoms with Crippen LogP contribution in [-0.2, 0) is 0 Å². The second-order valence-corrected chi connectivity index (χ2v) is 13.4. The van der Waals surface area contributed by atoms with Gasteiger partial charge in [0, 0.05) is 11.3 Å². The molecule has 0 aliphatic rings. The van der Waals surface area contributed by atoms with Crippen molar-refractivity contribution in [2.45, 2.75) is 0 Å². The van der Waals surface area contributed by atoms with E-state index < -0.39 is 0 Å². The van der Waals surface area contributed by atoms with E-state index in [1.54, 1.807) is 0 Å². The van der Waals surface area contributed by atoms with Crippen molar-refractivity contribution in [1.82, 2.24) is 9.55 Å². The van der Waals surface area contributed by atoms with Crippen LogP contribution in [0.4, 0.5) is 0 Å². The van der Waals surface area contributed by atoms with Gasteiger partial charge in [-0.1, -0.05) is 146 Å². The van der Waals surface area contributed by atoms with E-state index in [0.29, 0.717) is 0 Å². The lowest BCUT2D eigenvalue weighted by atomic mass is 9.85. The Morgan fingerprint density at radius 2 is 0.843 bits per heavy atom. The van der Waals surface area contributed by atoms with Crippen LogP contribution in [0.25, 0.3) is 104 Å². The fourth-order valence-electron chi connectivity index (χ4n) is 8.60. The minimum atomic E-state index is 0.942. The van der Waals surface area contributed by atoms with Gasteiger partial charge in [-0.3, -0.25) is 4.57 Å². The molecule has 11 aromatic rings. The Bertz CT molecular complexity index is 3190. The summed E-state index contributed by atoms with van der Waals surface area (Å²) in [4.78, 5) is 5.25. The van der Waals surface area contributed by atoms with E-state index >= 15 is 0 Å². The number of para-hydroxylation sites is 3. The molecule has 2 nitrogen and oxygen atoms in total. The minimum Gasteiger partial charge on any atom is -0.292 e. The van der Waals surface area contributed by atoms with Crippen LogP contribution in [0.5, 0.6) is 0 Å². The van der Waals surface area contributed by atoms with Crippen LogP contribution in [0.2, 0.25) is 0 Å². The molecule has 0 bridgehead atoms. The van der Waals surface area contributed by atoms with Crippen LogP contribution < -0.4 is 0 Å². The van der Waals surface area contributed by atoms with Gasteiger partial charge in [-0.25, -0.2) is 4.98 Å². The summed E-state index contributed by atoms with van der Waals surface area (Å²) in [6, 6.07) is 66.3. The van der Waals surface area contributed by atoms with Crippen LogP contribution in [0, 0.1) is 0 Å². The topological polar surface area (TPSA) is 17.8 Å². The largest absolute Gasteiger partial charge is 0.292 e. The van der Waals surface area contributed by atoms with E-state index in [0.717, 1.165) is 28.1 Å². The highest BCUT2D eigenvalue weighted by atomic mass is 15.1. The van der Waals surface area contributed by atoms with Gasteiger partial charge >= 0.3 is 0 Å². The van der Waals surface area contributed by atoms with Crippen LogP contribution in [0.1, 0.15) is 0 Å². The Morgan fingerprint density at radius 3 is 1.57 bits per heavy atom. The van der Waals surface area contributed by atoms with Crippen LogP contribution in [-0.4, -0.2) is 9.55 Å². The first-order valence-corrected chi connectivity index (χ1v) is 17.6. The van der Waals surface area contributed by atoms with Crippen molar-refractivity contribution >= 4 is 75.7 Å². The Labute approximate surface area is 294 Å². The Morgan fingerprint density at radius 1 is 0.333 bits per heavy atom. The summed E-state index contributed by atoms with van der Waals surface area (Å²) in [5, 5.41) is 15.2. The molecule has 0 spiro atoms. The highest BCUT2D eigenvalue weighted by Crippen LogP contribution is 2.46. The minimum absolute atomic E-state index is 0.942. The first kappa shape index (κ1) is 28.1. The molecule has 0 atom stereocenters. The van der Waals surface area contributed by atoms with Gasteiger partial charge in [-0.15, -0.1) is 0 Å². The third kappa shape index (κ3) is 4.08. The highest BCUT2D eigenvalue weighted by Gasteiger charge is 2.20. The first-order chi connectivity index (χ1) is 25.3. The summed E-state index contributed by atoms with van der Waals surface area (Å²) >= 11 is 0. The molecule has 2 heteroatoms. The molecule has 0 unspecified atom stereocenters. The SMILES string of the molecule is c1ccc(-n2c(-c3ccc(-c4cc5cccc6c7ccccc7c7ccccc7c7cccc4c7c56)c4ccccc34)nc3ccccc32)cc1. The lowest BCUT2D eigenvalue weighted by Crippen LogP contribution is -1.98. The van der Waals surface area contributed by atoms with Crippen molar-refractivity contribution in [2.75, 3.05) is 0 Å². The van der Waals surface area contributed by atoms with Crippen molar-refractivity contribution in [3.8, 4) is 28.2 Å². The zero-order chi connectivity index (χ0) is 33.5. The maximum Gasteiger partial charge on any atom is 0.146 e. The second kappa shape index (κ2) is 10.9. The number of imidazole rings is 1. The van der Waals surface area contributed by atoms with E-state index in [9.17, 15) is 0 Å². The molecule has 11 rings (SSSR count). The van der Waals surface area contributed by atoms with Crippen molar-refractivity contribution in [3.63, 3.8) is 0 Å². The molecule has 0 saturated heterocycles. The van der Waals surface area contributed by atoms with Crippen molar-refractivity contribution in [2.24, 2.45) is 0 Å². The molecule has 0 N–H and O–H groups in total. The van der Waals surface area contributed by atoms with Gasteiger partial charge in [0.05, 0.1) is 11.0 Å². The van der Waals surface area contributed by atoms with E-state index in [-0.39, 0.29) is 0 Å². The van der Waals surface area contributed by atoms with Crippen LogP contribution in [0.15, 0.2) is 182 Å². The normalized spacial score (nSPS) is 11.9. The molecule has 0 aliphatic heterocycles. The Hall–Kier alpha value is -6.77. The predicted octanol–water partition coefficient (Wildman–Crippen LogP) is 13.3. The van der Waals surface area contributed by atoms with Gasteiger partial charge in [-0.2, -0.15) is 0 Å². The number of hydrogen-bond donors (Lipinski definition) is 0. The van der Waals surface area contributed by atoms with Gasteiger partial charge in [0.15, 0.2) is 0 Å². The van der Waals surface area contributed by atoms with E-state index in [1.165, 1.54) is 75.8 Å². The second-order valence-electron chi connectivity index (χ2n) is 13.4. The zero-order valence-corrected chi connectivity index (χ0v) is 27.7. The molecular formula is C49H30N2. The summed E-state index contributed by atoms with van der Waals surface area (Å²) in [7, 11) is 0.